The van der Waals surface area contributed by atoms with Crippen LogP contribution in [0.25, 0.3) is 0 Å². The van der Waals surface area contributed by atoms with Crippen molar-refractivity contribution in [3.8, 4) is 11.5 Å². The molecule has 1 N–H and O–H groups in total. The average molecular weight is 315 g/mol. The van der Waals surface area contributed by atoms with Gasteiger partial charge in [0.05, 0.1) is 27.0 Å². The smallest absolute Gasteiger partial charge is 0.452 e. The number of nitrogens with zero attached hydrogens (tertiary/aromatic N) is 2. The molecule has 0 aliphatic carbocycles. The van der Waals surface area contributed by atoms with Crippen LogP contribution < -0.4 is 14.8 Å². The summed E-state index contributed by atoms with van der Waals surface area (Å²) in [5, 5.41) is 10.4. The second-order valence-corrected chi connectivity index (χ2v) is 4.38. The zero-order valence-corrected chi connectivity index (χ0v) is 13.1. The number of para-hydroxylation sites is 2. The van der Waals surface area contributed by atoms with Crippen LogP contribution in [0.3, 0.4) is 0 Å². The molecule has 2 aromatic rings. The highest BCUT2D eigenvalue weighted by atomic mass is 16.5. The third kappa shape index (κ3) is 4.19. The van der Waals surface area contributed by atoms with Crippen molar-refractivity contribution < 1.29 is 19.0 Å². The molecule has 0 saturated heterocycles. The predicted molar refractivity (Wildman–Crippen MR) is 86.2 cm³/mol. The van der Waals surface area contributed by atoms with Crippen LogP contribution >= 0.6 is 0 Å². The summed E-state index contributed by atoms with van der Waals surface area (Å²) in [7, 11) is 4.36. The molecule has 2 aromatic carbocycles. The number of anilines is 2. The highest BCUT2D eigenvalue weighted by Gasteiger charge is 2.07. The van der Waals surface area contributed by atoms with E-state index in [-0.39, 0.29) is 0 Å². The van der Waals surface area contributed by atoms with E-state index in [1.54, 1.807) is 25.3 Å². The molecule has 0 unspecified atom stereocenters. The number of ether oxygens (including phenoxy) is 3. The van der Waals surface area contributed by atoms with E-state index in [2.05, 4.69) is 20.3 Å². The highest BCUT2D eigenvalue weighted by Crippen LogP contribution is 2.33. The van der Waals surface area contributed by atoms with Gasteiger partial charge in [-0.3, -0.25) is 0 Å². The summed E-state index contributed by atoms with van der Waals surface area (Å²) < 4.78 is 15.0. The molecule has 0 heterocycles. The number of hydrogen-bond acceptors (Lipinski definition) is 6. The minimum Gasteiger partial charge on any atom is -0.495 e. The van der Waals surface area contributed by atoms with Gasteiger partial charge in [0.25, 0.3) is 0 Å². The van der Waals surface area contributed by atoms with E-state index < -0.39 is 6.09 Å². The number of carbonyl (C=O) groups is 1. The van der Waals surface area contributed by atoms with Crippen LogP contribution in [0.15, 0.2) is 52.7 Å². The van der Waals surface area contributed by atoms with Crippen molar-refractivity contribution in [1.82, 2.24) is 0 Å². The van der Waals surface area contributed by atoms with Gasteiger partial charge >= 0.3 is 6.09 Å². The second kappa shape index (κ2) is 7.79. The molecule has 7 heteroatoms. The molecule has 0 radical (unpaired) electrons. The Kier molecular flexibility index (Phi) is 5.51. The SMILES string of the molecule is COC(=O)N=Nc1ccc(Nc2ccccc2OC)cc1OC. The zero-order valence-electron chi connectivity index (χ0n) is 13.1. The van der Waals surface area contributed by atoms with Gasteiger partial charge in [-0.25, -0.2) is 4.79 Å². The summed E-state index contributed by atoms with van der Waals surface area (Å²) in [6.45, 7) is 0. The lowest BCUT2D eigenvalue weighted by Gasteiger charge is -2.12. The Labute approximate surface area is 133 Å². The van der Waals surface area contributed by atoms with Crippen molar-refractivity contribution in [2.45, 2.75) is 0 Å². The molecule has 120 valence electrons. The van der Waals surface area contributed by atoms with Crippen molar-refractivity contribution in [3.63, 3.8) is 0 Å². The summed E-state index contributed by atoms with van der Waals surface area (Å²) in [5.74, 6) is 1.19. The normalized spacial score (nSPS) is 10.4. The molecule has 2 rings (SSSR count). The molecule has 0 bridgehead atoms. The third-order valence-corrected chi connectivity index (χ3v) is 2.98. The highest BCUT2D eigenvalue weighted by molar-refractivity contribution is 5.71. The largest absolute Gasteiger partial charge is 0.495 e. The molecule has 0 aliphatic heterocycles. The molecule has 1 amide bonds. The van der Waals surface area contributed by atoms with Crippen molar-refractivity contribution in [2.75, 3.05) is 26.6 Å². The first-order valence-corrected chi connectivity index (χ1v) is 6.75. The maximum absolute atomic E-state index is 11.0. The molecular weight excluding hydrogens is 298 g/mol. The quantitative estimate of drug-likeness (QED) is 0.832. The maximum Gasteiger partial charge on any atom is 0.452 e. The number of amides is 1. The van der Waals surface area contributed by atoms with Gasteiger partial charge in [-0.05, 0) is 24.3 Å². The predicted octanol–water partition coefficient (Wildman–Crippen LogP) is 4.30. The minimum absolute atomic E-state index is 0.420. The van der Waals surface area contributed by atoms with Crippen molar-refractivity contribution in [3.05, 3.63) is 42.5 Å². The number of azo groups is 1. The second-order valence-electron chi connectivity index (χ2n) is 4.38. The van der Waals surface area contributed by atoms with Crippen LogP contribution in [-0.4, -0.2) is 27.4 Å². The summed E-state index contributed by atoms with van der Waals surface area (Å²) in [4.78, 5) is 11.0. The van der Waals surface area contributed by atoms with Crippen LogP contribution in [0.4, 0.5) is 21.9 Å². The number of carbonyl (C=O) groups excluding carboxylic acids is 1. The number of benzene rings is 2. The van der Waals surface area contributed by atoms with Gasteiger partial charge in [0, 0.05) is 11.8 Å². The Bertz CT molecular complexity index is 716. The molecular formula is C16H17N3O4. The molecule has 0 aliphatic rings. The fraction of sp³-hybridized carbons (Fsp3) is 0.188. The van der Waals surface area contributed by atoms with Gasteiger partial charge in [-0.1, -0.05) is 17.2 Å². The molecule has 23 heavy (non-hydrogen) atoms. The van der Waals surface area contributed by atoms with E-state index in [1.165, 1.54) is 14.2 Å². The van der Waals surface area contributed by atoms with E-state index in [1.807, 2.05) is 24.3 Å². The first-order valence-electron chi connectivity index (χ1n) is 6.75. The first-order chi connectivity index (χ1) is 11.2. The van der Waals surface area contributed by atoms with Crippen LogP contribution in [-0.2, 0) is 4.74 Å². The monoisotopic (exact) mass is 315 g/mol. The van der Waals surface area contributed by atoms with E-state index in [0.717, 1.165) is 17.1 Å². The van der Waals surface area contributed by atoms with Crippen molar-refractivity contribution >= 4 is 23.2 Å². The average Bonchev–Trinajstić information content (AvgIpc) is 2.60. The van der Waals surface area contributed by atoms with Gasteiger partial charge < -0.3 is 19.5 Å². The molecule has 0 spiro atoms. The van der Waals surface area contributed by atoms with E-state index >= 15 is 0 Å². The van der Waals surface area contributed by atoms with Crippen molar-refractivity contribution in [1.29, 1.82) is 0 Å². The van der Waals surface area contributed by atoms with E-state index in [9.17, 15) is 4.79 Å². The van der Waals surface area contributed by atoms with Gasteiger partial charge in [0.1, 0.15) is 17.2 Å². The topological polar surface area (TPSA) is 81.5 Å². The fourth-order valence-corrected chi connectivity index (χ4v) is 1.88. The van der Waals surface area contributed by atoms with Crippen molar-refractivity contribution in [2.24, 2.45) is 10.2 Å². The summed E-state index contributed by atoms with van der Waals surface area (Å²) in [5.41, 5.74) is 2.02. The zero-order chi connectivity index (χ0) is 16.7. The standard InChI is InChI=1S/C16H17N3O4/c1-21-14-7-5-4-6-12(14)17-11-8-9-13(15(10-11)22-2)18-19-16(20)23-3/h4-10,17H,1-3H3. The number of nitrogens with one attached hydrogen (secondary N) is 1. The number of rotatable bonds is 5. The van der Waals surface area contributed by atoms with Gasteiger partial charge in [-0.15, -0.1) is 5.11 Å². The Morgan fingerprint density at radius 2 is 1.74 bits per heavy atom. The first kappa shape index (κ1) is 16.3. The van der Waals surface area contributed by atoms with Gasteiger partial charge in [0.15, 0.2) is 0 Å². The molecule has 0 atom stereocenters. The summed E-state index contributed by atoms with van der Waals surface area (Å²) in [6.07, 6.45) is -0.775. The Balaban J connectivity index is 2.25. The van der Waals surface area contributed by atoms with E-state index in [0.29, 0.717) is 11.4 Å². The lowest BCUT2D eigenvalue weighted by molar-refractivity contribution is 0.181. The summed E-state index contributed by atoms with van der Waals surface area (Å²) in [6, 6.07) is 12.8. The Morgan fingerprint density at radius 3 is 2.43 bits per heavy atom. The molecule has 0 fully saturated rings. The van der Waals surface area contributed by atoms with E-state index in [4.69, 9.17) is 9.47 Å². The minimum atomic E-state index is -0.775. The lowest BCUT2D eigenvalue weighted by atomic mass is 10.2. The molecule has 0 saturated carbocycles. The van der Waals surface area contributed by atoms with Gasteiger partial charge in [0.2, 0.25) is 0 Å². The lowest BCUT2D eigenvalue weighted by Crippen LogP contribution is -1.95. The molecule has 0 aromatic heterocycles. The van der Waals surface area contributed by atoms with Crippen LogP contribution in [0, 0.1) is 0 Å². The van der Waals surface area contributed by atoms with Gasteiger partial charge in [-0.2, -0.15) is 0 Å². The maximum atomic E-state index is 11.0. The van der Waals surface area contributed by atoms with Crippen LogP contribution in [0.2, 0.25) is 0 Å². The number of hydrogen-bond donors (Lipinski definition) is 1. The Morgan fingerprint density at radius 1 is 1.00 bits per heavy atom. The molecule has 7 nitrogen and oxygen atoms in total. The number of methoxy groups -OCH3 is 3. The Hall–Kier alpha value is -3.09. The van der Waals surface area contributed by atoms with Crippen LogP contribution in [0.5, 0.6) is 11.5 Å². The fourth-order valence-electron chi connectivity index (χ4n) is 1.88. The third-order valence-electron chi connectivity index (χ3n) is 2.98. The van der Waals surface area contributed by atoms with Crippen LogP contribution in [0.1, 0.15) is 0 Å². The summed E-state index contributed by atoms with van der Waals surface area (Å²) >= 11 is 0.